The molecule has 0 saturated carbocycles. The molecule has 1 heterocycles. The maximum atomic E-state index is 4.41. The summed E-state index contributed by atoms with van der Waals surface area (Å²) < 4.78 is 2.04. The molecule has 0 bridgehead atoms. The molecule has 0 aliphatic carbocycles. The minimum absolute atomic E-state index is 0.304. The second-order valence-corrected chi connectivity index (χ2v) is 5.66. The summed E-state index contributed by atoms with van der Waals surface area (Å²) in [6.45, 7) is 8.23. The smallest absolute Gasteiger partial charge is 0.0540 e. The van der Waals surface area contributed by atoms with Gasteiger partial charge in [-0.1, -0.05) is 12.1 Å². The van der Waals surface area contributed by atoms with Gasteiger partial charge in [0.2, 0.25) is 0 Å². The Morgan fingerprint density at radius 2 is 1.90 bits per heavy atom. The molecule has 2 aromatic rings. The standard InChI is InChI=1S/C17H26N4/c1-6-21-14(3)17(12-19-21)13(2)18-11-15-7-9-16(10-8-15)20(4)5/h7-10,12-13,18H,6,11H2,1-5H3. The van der Waals surface area contributed by atoms with Crippen LogP contribution in [0.1, 0.15) is 36.7 Å². The number of nitrogens with zero attached hydrogens (tertiary/aromatic N) is 3. The summed E-state index contributed by atoms with van der Waals surface area (Å²) >= 11 is 0. The number of anilines is 1. The SMILES string of the molecule is CCn1ncc(C(C)NCc2ccc(N(C)C)cc2)c1C. The van der Waals surface area contributed by atoms with Crippen molar-refractivity contribution in [3.8, 4) is 0 Å². The van der Waals surface area contributed by atoms with Gasteiger partial charge >= 0.3 is 0 Å². The van der Waals surface area contributed by atoms with Crippen molar-refractivity contribution in [3.63, 3.8) is 0 Å². The van der Waals surface area contributed by atoms with Crippen molar-refractivity contribution in [2.24, 2.45) is 0 Å². The predicted octanol–water partition coefficient (Wildman–Crippen LogP) is 3.13. The molecule has 4 heteroatoms. The number of aryl methyl sites for hydroxylation is 1. The van der Waals surface area contributed by atoms with Crippen molar-refractivity contribution in [2.75, 3.05) is 19.0 Å². The highest BCUT2D eigenvalue weighted by molar-refractivity contribution is 5.45. The van der Waals surface area contributed by atoms with Crippen LogP contribution in [0.5, 0.6) is 0 Å². The zero-order valence-electron chi connectivity index (χ0n) is 13.7. The summed E-state index contributed by atoms with van der Waals surface area (Å²) in [5.41, 5.74) is 5.06. The Morgan fingerprint density at radius 3 is 2.43 bits per heavy atom. The van der Waals surface area contributed by atoms with Gasteiger partial charge < -0.3 is 10.2 Å². The Morgan fingerprint density at radius 1 is 1.24 bits per heavy atom. The van der Waals surface area contributed by atoms with Crippen molar-refractivity contribution in [3.05, 3.63) is 47.3 Å². The number of hydrogen-bond donors (Lipinski definition) is 1. The number of nitrogens with one attached hydrogen (secondary N) is 1. The molecule has 2 rings (SSSR count). The van der Waals surface area contributed by atoms with Crippen molar-refractivity contribution in [1.29, 1.82) is 0 Å². The van der Waals surface area contributed by atoms with Crippen LogP contribution in [0.2, 0.25) is 0 Å². The Hall–Kier alpha value is -1.81. The Kier molecular flexibility index (Phi) is 5.02. The number of hydrogen-bond acceptors (Lipinski definition) is 3. The average molecular weight is 286 g/mol. The summed E-state index contributed by atoms with van der Waals surface area (Å²) in [5, 5.41) is 7.99. The van der Waals surface area contributed by atoms with E-state index in [2.05, 4.69) is 74.4 Å². The molecule has 1 N–H and O–H groups in total. The summed E-state index contributed by atoms with van der Waals surface area (Å²) in [5.74, 6) is 0. The summed E-state index contributed by atoms with van der Waals surface area (Å²) in [4.78, 5) is 2.11. The first-order valence-electron chi connectivity index (χ1n) is 7.55. The third-order valence-electron chi connectivity index (χ3n) is 3.97. The van der Waals surface area contributed by atoms with E-state index in [-0.39, 0.29) is 0 Å². The normalized spacial score (nSPS) is 12.4. The lowest BCUT2D eigenvalue weighted by Crippen LogP contribution is -2.19. The van der Waals surface area contributed by atoms with Gasteiger partial charge in [0.25, 0.3) is 0 Å². The molecule has 0 amide bonds. The minimum Gasteiger partial charge on any atom is -0.378 e. The Balaban J connectivity index is 1.97. The molecule has 0 spiro atoms. The van der Waals surface area contributed by atoms with Crippen LogP contribution >= 0.6 is 0 Å². The fourth-order valence-electron chi connectivity index (χ4n) is 2.50. The number of rotatable bonds is 6. The van der Waals surface area contributed by atoms with Crippen LogP contribution in [0, 0.1) is 6.92 Å². The third kappa shape index (κ3) is 3.64. The predicted molar refractivity (Wildman–Crippen MR) is 88.7 cm³/mol. The summed E-state index contributed by atoms with van der Waals surface area (Å²) in [6.07, 6.45) is 1.98. The second kappa shape index (κ2) is 6.76. The van der Waals surface area contributed by atoms with E-state index in [0.717, 1.165) is 13.1 Å². The van der Waals surface area contributed by atoms with E-state index in [9.17, 15) is 0 Å². The molecule has 114 valence electrons. The topological polar surface area (TPSA) is 33.1 Å². The van der Waals surface area contributed by atoms with Crippen molar-refractivity contribution >= 4 is 5.69 Å². The fraction of sp³-hybridized carbons (Fsp3) is 0.471. The van der Waals surface area contributed by atoms with E-state index < -0.39 is 0 Å². The van der Waals surface area contributed by atoms with Gasteiger partial charge in [0.15, 0.2) is 0 Å². The quantitative estimate of drug-likeness (QED) is 0.885. The summed E-state index contributed by atoms with van der Waals surface area (Å²) in [7, 11) is 4.12. The lowest BCUT2D eigenvalue weighted by Gasteiger charge is -2.15. The van der Waals surface area contributed by atoms with Crippen LogP contribution in [0.3, 0.4) is 0 Å². The second-order valence-electron chi connectivity index (χ2n) is 5.66. The highest BCUT2D eigenvalue weighted by atomic mass is 15.3. The van der Waals surface area contributed by atoms with Crippen LogP contribution in [-0.2, 0) is 13.1 Å². The van der Waals surface area contributed by atoms with Gasteiger partial charge in [0.05, 0.1) is 6.20 Å². The van der Waals surface area contributed by atoms with E-state index in [4.69, 9.17) is 0 Å². The maximum Gasteiger partial charge on any atom is 0.0540 e. The average Bonchev–Trinajstić information content (AvgIpc) is 2.86. The van der Waals surface area contributed by atoms with E-state index in [0.29, 0.717) is 6.04 Å². The molecule has 0 radical (unpaired) electrons. The molecule has 0 saturated heterocycles. The monoisotopic (exact) mass is 286 g/mol. The first-order valence-corrected chi connectivity index (χ1v) is 7.55. The van der Waals surface area contributed by atoms with E-state index in [1.807, 2.05) is 10.9 Å². The molecule has 0 fully saturated rings. The summed E-state index contributed by atoms with van der Waals surface area (Å²) in [6, 6.07) is 8.97. The molecular weight excluding hydrogens is 260 g/mol. The van der Waals surface area contributed by atoms with Gasteiger partial charge in [-0.15, -0.1) is 0 Å². The maximum absolute atomic E-state index is 4.41. The molecule has 1 aromatic carbocycles. The van der Waals surface area contributed by atoms with Gasteiger partial charge in [-0.25, -0.2) is 0 Å². The zero-order valence-corrected chi connectivity index (χ0v) is 13.7. The van der Waals surface area contributed by atoms with Crippen LogP contribution < -0.4 is 10.2 Å². The van der Waals surface area contributed by atoms with E-state index >= 15 is 0 Å². The number of aromatic nitrogens is 2. The zero-order chi connectivity index (χ0) is 15.4. The Bertz CT molecular complexity index is 569. The molecule has 1 aromatic heterocycles. The van der Waals surface area contributed by atoms with Crippen LogP contribution in [0.15, 0.2) is 30.5 Å². The van der Waals surface area contributed by atoms with Crippen molar-refractivity contribution in [1.82, 2.24) is 15.1 Å². The molecule has 1 atom stereocenters. The van der Waals surface area contributed by atoms with Gasteiger partial charge in [0, 0.05) is 50.2 Å². The first kappa shape index (κ1) is 15.6. The lowest BCUT2D eigenvalue weighted by molar-refractivity contribution is 0.567. The van der Waals surface area contributed by atoms with Crippen LogP contribution in [0.4, 0.5) is 5.69 Å². The first-order chi connectivity index (χ1) is 10.0. The van der Waals surface area contributed by atoms with Gasteiger partial charge in [-0.05, 0) is 38.5 Å². The number of benzene rings is 1. The molecular formula is C17H26N4. The Labute approximate surface area is 127 Å². The fourth-order valence-corrected chi connectivity index (χ4v) is 2.50. The van der Waals surface area contributed by atoms with E-state index in [1.54, 1.807) is 0 Å². The van der Waals surface area contributed by atoms with Crippen molar-refractivity contribution < 1.29 is 0 Å². The largest absolute Gasteiger partial charge is 0.378 e. The van der Waals surface area contributed by atoms with E-state index in [1.165, 1.54) is 22.5 Å². The molecule has 1 unspecified atom stereocenters. The lowest BCUT2D eigenvalue weighted by atomic mass is 10.1. The van der Waals surface area contributed by atoms with Crippen LogP contribution in [0.25, 0.3) is 0 Å². The van der Waals surface area contributed by atoms with Gasteiger partial charge in [-0.2, -0.15) is 5.10 Å². The van der Waals surface area contributed by atoms with Crippen molar-refractivity contribution in [2.45, 2.75) is 39.9 Å². The minimum atomic E-state index is 0.304. The highest BCUT2D eigenvalue weighted by Crippen LogP contribution is 2.18. The third-order valence-corrected chi connectivity index (χ3v) is 3.97. The molecule has 4 nitrogen and oxygen atoms in total. The molecule has 0 aliphatic rings. The van der Waals surface area contributed by atoms with Crippen LogP contribution in [-0.4, -0.2) is 23.9 Å². The molecule has 0 aliphatic heterocycles. The molecule has 21 heavy (non-hydrogen) atoms. The highest BCUT2D eigenvalue weighted by Gasteiger charge is 2.12. The van der Waals surface area contributed by atoms with Gasteiger partial charge in [0.1, 0.15) is 0 Å². The van der Waals surface area contributed by atoms with Gasteiger partial charge in [-0.3, -0.25) is 4.68 Å².